The lowest BCUT2D eigenvalue weighted by Gasteiger charge is -2.08. The Morgan fingerprint density at radius 3 is 2.90 bits per heavy atom. The summed E-state index contributed by atoms with van der Waals surface area (Å²) < 4.78 is 12.1. The van der Waals surface area contributed by atoms with Crippen LogP contribution in [0.1, 0.15) is 11.3 Å². The topological polar surface area (TPSA) is 61.2 Å². The van der Waals surface area contributed by atoms with E-state index in [1.165, 1.54) is 0 Å². The van der Waals surface area contributed by atoms with E-state index in [2.05, 4.69) is 15.6 Å². The van der Waals surface area contributed by atoms with Crippen LogP contribution in [0.2, 0.25) is 0 Å². The number of aryl methyl sites for hydroxylation is 1. The van der Waals surface area contributed by atoms with Crippen molar-refractivity contribution in [2.75, 3.05) is 27.4 Å². The van der Waals surface area contributed by atoms with Gasteiger partial charge in [-0.25, -0.2) is 4.68 Å². The Kier molecular flexibility index (Phi) is 5.09. The monoisotopic (exact) mass is 276 g/mol. The maximum atomic E-state index is 5.36. The molecule has 1 aromatic heterocycles. The molecule has 1 N–H and O–H groups in total. The van der Waals surface area contributed by atoms with Crippen molar-refractivity contribution in [1.82, 2.24) is 20.3 Å². The van der Waals surface area contributed by atoms with Gasteiger partial charge < -0.3 is 14.8 Å². The molecule has 0 spiro atoms. The van der Waals surface area contributed by atoms with Crippen molar-refractivity contribution in [3.63, 3.8) is 0 Å². The van der Waals surface area contributed by atoms with Crippen LogP contribution in [0.3, 0.4) is 0 Å². The second kappa shape index (κ2) is 7.02. The smallest absolute Gasteiger partial charge is 0.144 e. The quantitative estimate of drug-likeness (QED) is 0.773. The van der Waals surface area contributed by atoms with Gasteiger partial charge in [-0.05, 0) is 24.6 Å². The highest BCUT2D eigenvalue weighted by Gasteiger charge is 2.08. The molecule has 0 aliphatic carbocycles. The number of aromatic nitrogens is 3. The maximum absolute atomic E-state index is 5.36. The highest BCUT2D eigenvalue weighted by atomic mass is 16.5. The van der Waals surface area contributed by atoms with Gasteiger partial charge in [0.15, 0.2) is 0 Å². The molecule has 0 amide bonds. The molecule has 0 saturated carbocycles. The maximum Gasteiger partial charge on any atom is 0.144 e. The lowest BCUT2D eigenvalue weighted by molar-refractivity contribution is 0.199. The molecule has 0 radical (unpaired) electrons. The third-order valence-electron chi connectivity index (χ3n) is 2.91. The number of nitrogens with zero attached hydrogens (tertiary/aromatic N) is 3. The third kappa shape index (κ3) is 3.55. The lowest BCUT2D eigenvalue weighted by atomic mass is 10.2. The first-order chi connectivity index (χ1) is 9.74. The van der Waals surface area contributed by atoms with Crippen molar-refractivity contribution in [2.24, 2.45) is 0 Å². The molecule has 0 atom stereocenters. The van der Waals surface area contributed by atoms with Gasteiger partial charge in [0.2, 0.25) is 0 Å². The van der Waals surface area contributed by atoms with Crippen molar-refractivity contribution in [2.45, 2.75) is 13.5 Å². The third-order valence-corrected chi connectivity index (χ3v) is 2.91. The van der Waals surface area contributed by atoms with Crippen LogP contribution in [0.5, 0.6) is 5.75 Å². The van der Waals surface area contributed by atoms with Gasteiger partial charge in [0, 0.05) is 20.2 Å². The number of rotatable bonds is 7. The Labute approximate surface area is 118 Å². The molecule has 20 heavy (non-hydrogen) atoms. The van der Waals surface area contributed by atoms with E-state index in [-0.39, 0.29) is 0 Å². The summed E-state index contributed by atoms with van der Waals surface area (Å²) in [6.07, 6.45) is 1.90. The van der Waals surface area contributed by atoms with Crippen LogP contribution in [-0.4, -0.2) is 42.4 Å². The Bertz CT molecular complexity index is 554. The first kappa shape index (κ1) is 14.5. The number of hydrogen-bond donors (Lipinski definition) is 1. The highest BCUT2D eigenvalue weighted by Crippen LogP contribution is 2.23. The van der Waals surface area contributed by atoms with Gasteiger partial charge in [0.1, 0.15) is 11.4 Å². The fourth-order valence-electron chi connectivity index (χ4n) is 1.87. The molecular formula is C14H20N4O2. The van der Waals surface area contributed by atoms with Crippen LogP contribution >= 0.6 is 0 Å². The second-order valence-electron chi connectivity index (χ2n) is 4.50. The Hall–Kier alpha value is -1.92. The summed E-state index contributed by atoms with van der Waals surface area (Å²) in [5.41, 5.74) is 2.92. The fourth-order valence-corrected chi connectivity index (χ4v) is 1.87. The van der Waals surface area contributed by atoms with Crippen LogP contribution in [-0.2, 0) is 11.3 Å². The Morgan fingerprint density at radius 1 is 1.30 bits per heavy atom. The molecule has 1 aromatic carbocycles. The van der Waals surface area contributed by atoms with Crippen molar-refractivity contribution >= 4 is 0 Å². The van der Waals surface area contributed by atoms with Gasteiger partial charge in [-0.2, -0.15) is 0 Å². The molecule has 0 bridgehead atoms. The predicted molar refractivity (Wildman–Crippen MR) is 76.2 cm³/mol. The predicted octanol–water partition coefficient (Wildman–Crippen LogP) is 1.32. The molecule has 0 unspecified atom stereocenters. The minimum atomic E-state index is 0.664. The summed E-state index contributed by atoms with van der Waals surface area (Å²) in [7, 11) is 3.33. The van der Waals surface area contributed by atoms with Crippen LogP contribution in [0.25, 0.3) is 5.69 Å². The highest BCUT2D eigenvalue weighted by molar-refractivity contribution is 5.48. The van der Waals surface area contributed by atoms with E-state index in [0.717, 1.165) is 29.2 Å². The Morgan fingerprint density at radius 2 is 2.15 bits per heavy atom. The van der Waals surface area contributed by atoms with E-state index in [1.54, 1.807) is 18.9 Å². The first-order valence-electron chi connectivity index (χ1n) is 6.50. The van der Waals surface area contributed by atoms with Crippen molar-refractivity contribution in [3.05, 3.63) is 35.7 Å². The molecule has 2 rings (SSSR count). The number of nitrogens with one attached hydrogen (secondary N) is 1. The summed E-state index contributed by atoms with van der Waals surface area (Å²) >= 11 is 0. The van der Waals surface area contributed by atoms with Crippen molar-refractivity contribution in [1.29, 1.82) is 0 Å². The lowest BCUT2D eigenvalue weighted by Crippen LogP contribution is -2.18. The van der Waals surface area contributed by atoms with E-state index < -0.39 is 0 Å². The zero-order valence-electron chi connectivity index (χ0n) is 12.1. The summed E-state index contributed by atoms with van der Waals surface area (Å²) in [6, 6.07) is 5.96. The average molecular weight is 276 g/mol. The molecule has 108 valence electrons. The van der Waals surface area contributed by atoms with Crippen LogP contribution in [0.15, 0.2) is 24.4 Å². The summed E-state index contributed by atoms with van der Waals surface area (Å²) in [5.74, 6) is 0.777. The number of ether oxygens (including phenoxy) is 2. The van der Waals surface area contributed by atoms with Gasteiger partial charge in [-0.15, -0.1) is 5.10 Å². The van der Waals surface area contributed by atoms with Gasteiger partial charge in [0.25, 0.3) is 0 Å². The zero-order chi connectivity index (χ0) is 14.4. The summed E-state index contributed by atoms with van der Waals surface area (Å²) in [4.78, 5) is 0. The number of hydrogen-bond acceptors (Lipinski definition) is 5. The molecular weight excluding hydrogens is 256 g/mol. The Balaban J connectivity index is 2.10. The minimum absolute atomic E-state index is 0.664. The molecule has 0 fully saturated rings. The molecule has 6 heteroatoms. The van der Waals surface area contributed by atoms with E-state index in [9.17, 15) is 0 Å². The molecule has 0 aliphatic rings. The van der Waals surface area contributed by atoms with Crippen LogP contribution < -0.4 is 10.1 Å². The molecule has 1 heterocycles. The molecule has 2 aromatic rings. The minimum Gasteiger partial charge on any atom is -0.494 e. The standard InChI is InChI=1S/C14H20N4O2/c1-11-4-5-14(20-3)13(8-11)18-10-12(16-17-18)9-15-6-7-19-2/h4-5,8,10,15H,6-7,9H2,1-3H3. The summed E-state index contributed by atoms with van der Waals surface area (Å²) in [5, 5.41) is 11.5. The SMILES string of the molecule is COCCNCc1cn(-c2cc(C)ccc2OC)nn1. The molecule has 0 aliphatic heterocycles. The zero-order valence-corrected chi connectivity index (χ0v) is 12.1. The number of methoxy groups -OCH3 is 2. The van der Waals surface area contributed by atoms with Gasteiger partial charge >= 0.3 is 0 Å². The molecule has 0 saturated heterocycles. The van der Waals surface area contributed by atoms with Crippen LogP contribution in [0, 0.1) is 6.92 Å². The summed E-state index contributed by atoms with van der Waals surface area (Å²) in [6.45, 7) is 4.17. The second-order valence-corrected chi connectivity index (χ2v) is 4.50. The van der Waals surface area contributed by atoms with Gasteiger partial charge in [-0.1, -0.05) is 11.3 Å². The van der Waals surface area contributed by atoms with E-state index in [1.807, 2.05) is 31.3 Å². The van der Waals surface area contributed by atoms with E-state index in [0.29, 0.717) is 13.2 Å². The van der Waals surface area contributed by atoms with E-state index >= 15 is 0 Å². The van der Waals surface area contributed by atoms with Crippen LogP contribution in [0.4, 0.5) is 0 Å². The van der Waals surface area contributed by atoms with Gasteiger partial charge in [-0.3, -0.25) is 0 Å². The normalized spacial score (nSPS) is 10.8. The van der Waals surface area contributed by atoms with E-state index in [4.69, 9.17) is 9.47 Å². The average Bonchev–Trinajstić information content (AvgIpc) is 2.92. The first-order valence-corrected chi connectivity index (χ1v) is 6.50. The van der Waals surface area contributed by atoms with Gasteiger partial charge in [0.05, 0.1) is 25.6 Å². The van der Waals surface area contributed by atoms with Crippen molar-refractivity contribution < 1.29 is 9.47 Å². The van der Waals surface area contributed by atoms with Crippen molar-refractivity contribution in [3.8, 4) is 11.4 Å². The molecule has 6 nitrogen and oxygen atoms in total. The largest absolute Gasteiger partial charge is 0.494 e. The fraction of sp³-hybridized carbons (Fsp3) is 0.429. The number of benzene rings is 1.